The molecule has 1 unspecified atom stereocenters. The van der Waals surface area contributed by atoms with Gasteiger partial charge in [-0.1, -0.05) is 35.3 Å². The van der Waals surface area contributed by atoms with E-state index in [1.54, 1.807) is 0 Å². The maximum atomic E-state index is 6.23. The Labute approximate surface area is 135 Å². The summed E-state index contributed by atoms with van der Waals surface area (Å²) in [5.74, 6) is 1.01. The van der Waals surface area contributed by atoms with E-state index in [1.807, 2.05) is 31.3 Å². The molecule has 0 fully saturated rings. The number of hydrogen-bond acceptors (Lipinski definition) is 2. The second kappa shape index (κ2) is 6.27. The summed E-state index contributed by atoms with van der Waals surface area (Å²) in [4.78, 5) is 0. The van der Waals surface area contributed by atoms with E-state index in [4.69, 9.17) is 27.9 Å². The van der Waals surface area contributed by atoms with Gasteiger partial charge in [0.2, 0.25) is 0 Å². The molecule has 4 heteroatoms. The van der Waals surface area contributed by atoms with Crippen LogP contribution in [-0.2, 0) is 12.8 Å². The zero-order valence-corrected chi connectivity index (χ0v) is 13.3. The average molecular weight is 322 g/mol. The summed E-state index contributed by atoms with van der Waals surface area (Å²) in [6.07, 6.45) is 1.77. The lowest BCUT2D eigenvalue weighted by atomic mass is 9.97. The lowest BCUT2D eigenvalue weighted by Crippen LogP contribution is -2.19. The first kappa shape index (κ1) is 14.7. The highest BCUT2D eigenvalue weighted by Gasteiger charge is 2.20. The van der Waals surface area contributed by atoms with Gasteiger partial charge >= 0.3 is 0 Å². The van der Waals surface area contributed by atoms with E-state index >= 15 is 0 Å². The highest BCUT2D eigenvalue weighted by molar-refractivity contribution is 6.31. The molecule has 0 saturated heterocycles. The zero-order valence-electron chi connectivity index (χ0n) is 11.8. The van der Waals surface area contributed by atoms with Crippen molar-refractivity contribution < 1.29 is 4.74 Å². The zero-order chi connectivity index (χ0) is 14.8. The second-order valence-electron chi connectivity index (χ2n) is 5.25. The molecule has 2 aromatic rings. The Morgan fingerprint density at radius 1 is 1.14 bits per heavy atom. The summed E-state index contributed by atoms with van der Waals surface area (Å²) in [6.45, 7) is 0.744. The topological polar surface area (TPSA) is 21.3 Å². The maximum absolute atomic E-state index is 6.23. The quantitative estimate of drug-likeness (QED) is 0.899. The van der Waals surface area contributed by atoms with Crippen molar-refractivity contribution in [1.82, 2.24) is 5.32 Å². The number of fused-ring (bicyclic) bond motifs is 1. The van der Waals surface area contributed by atoms with Gasteiger partial charge < -0.3 is 10.1 Å². The Morgan fingerprint density at radius 3 is 2.62 bits per heavy atom. The van der Waals surface area contributed by atoms with Crippen molar-refractivity contribution in [2.24, 2.45) is 0 Å². The molecule has 1 atom stereocenters. The minimum absolute atomic E-state index is 0.203. The minimum atomic E-state index is 0.203. The number of nitrogens with one attached hydrogen (secondary N) is 1. The van der Waals surface area contributed by atoms with Crippen molar-refractivity contribution in [2.75, 3.05) is 13.7 Å². The molecule has 3 rings (SSSR count). The van der Waals surface area contributed by atoms with Gasteiger partial charge in [-0.05, 0) is 54.4 Å². The lowest BCUT2D eigenvalue weighted by molar-refractivity contribution is 0.352. The van der Waals surface area contributed by atoms with Gasteiger partial charge in [-0.25, -0.2) is 0 Å². The standard InChI is InChI=1S/C17H17Cl2NO/c1-20-16(11-2-4-14(18)5-3-11)10-13-9-15(19)8-12-6-7-21-17(12)13/h2-5,8-9,16,20H,6-7,10H2,1H3. The molecule has 110 valence electrons. The van der Waals surface area contributed by atoms with E-state index in [-0.39, 0.29) is 6.04 Å². The lowest BCUT2D eigenvalue weighted by Gasteiger charge is -2.18. The molecule has 1 aliphatic heterocycles. The molecule has 0 bridgehead atoms. The van der Waals surface area contributed by atoms with Crippen molar-refractivity contribution in [3.05, 3.63) is 63.1 Å². The molecule has 1 heterocycles. The molecular weight excluding hydrogens is 305 g/mol. The number of halogens is 2. The molecule has 0 aliphatic carbocycles. The van der Waals surface area contributed by atoms with Crippen LogP contribution >= 0.6 is 23.2 Å². The number of ether oxygens (including phenoxy) is 1. The Morgan fingerprint density at radius 2 is 1.90 bits per heavy atom. The van der Waals surface area contributed by atoms with E-state index in [9.17, 15) is 0 Å². The van der Waals surface area contributed by atoms with Gasteiger partial charge in [0, 0.05) is 22.5 Å². The monoisotopic (exact) mass is 321 g/mol. The van der Waals surface area contributed by atoms with Crippen LogP contribution in [0.3, 0.4) is 0 Å². The van der Waals surface area contributed by atoms with E-state index in [2.05, 4.69) is 17.4 Å². The van der Waals surface area contributed by atoms with Gasteiger partial charge in [-0.2, -0.15) is 0 Å². The summed E-state index contributed by atoms with van der Waals surface area (Å²) in [7, 11) is 1.96. The summed E-state index contributed by atoms with van der Waals surface area (Å²) in [6, 6.07) is 12.1. The van der Waals surface area contributed by atoms with Gasteiger partial charge in [0.25, 0.3) is 0 Å². The molecular formula is C17H17Cl2NO. The van der Waals surface area contributed by atoms with Crippen LogP contribution in [0.2, 0.25) is 10.0 Å². The predicted molar refractivity (Wildman–Crippen MR) is 87.6 cm³/mol. The number of rotatable bonds is 4. The van der Waals surface area contributed by atoms with Crippen molar-refractivity contribution in [3.63, 3.8) is 0 Å². The number of hydrogen-bond donors (Lipinski definition) is 1. The first-order valence-corrected chi connectivity index (χ1v) is 7.80. The largest absolute Gasteiger partial charge is 0.493 e. The van der Waals surface area contributed by atoms with Gasteiger partial charge in [0.1, 0.15) is 5.75 Å². The number of benzene rings is 2. The Bertz CT molecular complexity index is 640. The third kappa shape index (κ3) is 3.18. The SMILES string of the molecule is CNC(Cc1cc(Cl)cc2c1OCC2)c1ccc(Cl)cc1. The molecule has 0 spiro atoms. The van der Waals surface area contributed by atoms with Crippen LogP contribution in [-0.4, -0.2) is 13.7 Å². The van der Waals surface area contributed by atoms with Crippen LogP contribution in [0.1, 0.15) is 22.7 Å². The van der Waals surface area contributed by atoms with Crippen LogP contribution in [0.25, 0.3) is 0 Å². The van der Waals surface area contributed by atoms with E-state index < -0.39 is 0 Å². The molecule has 0 aromatic heterocycles. The number of likely N-dealkylation sites (N-methyl/N-ethyl adjacent to an activating group) is 1. The summed E-state index contributed by atoms with van der Waals surface area (Å²) in [5.41, 5.74) is 3.57. The molecule has 0 radical (unpaired) electrons. The highest BCUT2D eigenvalue weighted by atomic mass is 35.5. The third-order valence-electron chi connectivity index (χ3n) is 3.87. The van der Waals surface area contributed by atoms with Crippen molar-refractivity contribution in [1.29, 1.82) is 0 Å². The molecule has 21 heavy (non-hydrogen) atoms. The maximum Gasteiger partial charge on any atom is 0.125 e. The van der Waals surface area contributed by atoms with Gasteiger partial charge in [0.15, 0.2) is 0 Å². The second-order valence-corrected chi connectivity index (χ2v) is 6.12. The third-order valence-corrected chi connectivity index (χ3v) is 4.34. The smallest absolute Gasteiger partial charge is 0.125 e. The summed E-state index contributed by atoms with van der Waals surface area (Å²) in [5, 5.41) is 4.88. The predicted octanol–water partition coefficient (Wildman–Crippen LogP) is 4.43. The van der Waals surface area contributed by atoms with E-state index in [0.717, 1.165) is 40.8 Å². The van der Waals surface area contributed by atoms with Crippen LogP contribution in [0, 0.1) is 0 Å². The molecule has 0 saturated carbocycles. The first-order chi connectivity index (χ1) is 10.2. The molecule has 0 amide bonds. The summed E-state index contributed by atoms with van der Waals surface area (Å²) < 4.78 is 5.78. The average Bonchev–Trinajstić information content (AvgIpc) is 2.94. The van der Waals surface area contributed by atoms with Crippen LogP contribution in [0.5, 0.6) is 5.75 Å². The minimum Gasteiger partial charge on any atom is -0.493 e. The van der Waals surface area contributed by atoms with Crippen LogP contribution in [0.4, 0.5) is 0 Å². The summed E-state index contributed by atoms with van der Waals surface area (Å²) >= 11 is 12.2. The highest BCUT2D eigenvalue weighted by Crippen LogP contribution is 2.35. The van der Waals surface area contributed by atoms with Gasteiger partial charge in [-0.15, -0.1) is 0 Å². The van der Waals surface area contributed by atoms with Crippen molar-refractivity contribution >= 4 is 23.2 Å². The van der Waals surface area contributed by atoms with Crippen molar-refractivity contribution in [2.45, 2.75) is 18.9 Å². The molecule has 2 aromatic carbocycles. The molecule has 1 N–H and O–H groups in total. The normalized spacial score (nSPS) is 14.6. The van der Waals surface area contributed by atoms with E-state index in [0.29, 0.717) is 0 Å². The Hall–Kier alpha value is -1.22. The fourth-order valence-electron chi connectivity index (χ4n) is 2.80. The fourth-order valence-corrected chi connectivity index (χ4v) is 3.19. The van der Waals surface area contributed by atoms with Gasteiger partial charge in [0.05, 0.1) is 6.61 Å². The van der Waals surface area contributed by atoms with Crippen LogP contribution < -0.4 is 10.1 Å². The van der Waals surface area contributed by atoms with E-state index in [1.165, 1.54) is 11.1 Å². The molecule has 2 nitrogen and oxygen atoms in total. The van der Waals surface area contributed by atoms with Gasteiger partial charge in [-0.3, -0.25) is 0 Å². The Kier molecular flexibility index (Phi) is 4.39. The fraction of sp³-hybridized carbons (Fsp3) is 0.294. The molecule has 1 aliphatic rings. The van der Waals surface area contributed by atoms with Crippen molar-refractivity contribution in [3.8, 4) is 5.75 Å². The first-order valence-electron chi connectivity index (χ1n) is 7.04. The Balaban J connectivity index is 1.89. The van der Waals surface area contributed by atoms with Crippen LogP contribution in [0.15, 0.2) is 36.4 Å².